The van der Waals surface area contributed by atoms with Gasteiger partial charge in [0.05, 0.1) is 0 Å². The first-order valence-corrected chi connectivity index (χ1v) is 5.11. The van der Waals surface area contributed by atoms with E-state index in [0.717, 1.165) is 0 Å². The third kappa shape index (κ3) is 2.42. The van der Waals surface area contributed by atoms with Crippen molar-refractivity contribution in [2.75, 3.05) is 0 Å². The number of hydrogen-bond donors (Lipinski definition) is 0. The van der Waals surface area contributed by atoms with Crippen molar-refractivity contribution in [2.45, 2.75) is 0 Å². The molecule has 1 rings (SSSR count). The molecule has 0 atom stereocenters. The molecular formula is C7H6BiClO2. The summed E-state index contributed by atoms with van der Waals surface area (Å²) in [5.41, 5.74) is 0.514. The van der Waals surface area contributed by atoms with Crippen LogP contribution in [0, 0.1) is 0 Å². The van der Waals surface area contributed by atoms with Crippen LogP contribution in [0.1, 0.15) is 10.4 Å². The van der Waals surface area contributed by atoms with E-state index in [1.165, 1.54) is 0 Å². The van der Waals surface area contributed by atoms with Crippen LogP contribution in [0.3, 0.4) is 0 Å². The molecule has 0 fully saturated rings. The van der Waals surface area contributed by atoms with Crippen LogP contribution in [0.25, 0.3) is 0 Å². The Balaban J connectivity index is 2.96. The second kappa shape index (κ2) is 4.03. The van der Waals surface area contributed by atoms with E-state index in [1.807, 2.05) is 0 Å². The van der Waals surface area contributed by atoms with Crippen LogP contribution in [0.2, 0.25) is 5.02 Å². The number of carbonyl (C=O) groups excluding carboxylic acids is 1. The normalized spacial score (nSPS) is 9.27. The van der Waals surface area contributed by atoms with Crippen molar-refractivity contribution < 1.29 is 7.61 Å². The molecule has 2 nitrogen and oxygen atoms in total. The van der Waals surface area contributed by atoms with Crippen LogP contribution in [-0.4, -0.2) is 31.1 Å². The van der Waals surface area contributed by atoms with Crippen LogP contribution in [0.15, 0.2) is 24.3 Å². The summed E-state index contributed by atoms with van der Waals surface area (Å²) < 4.78 is 4.66. The van der Waals surface area contributed by atoms with Crippen molar-refractivity contribution in [1.82, 2.24) is 0 Å². The van der Waals surface area contributed by atoms with Gasteiger partial charge in [-0.15, -0.1) is 0 Å². The van der Waals surface area contributed by atoms with Gasteiger partial charge in [-0.1, -0.05) is 0 Å². The molecule has 0 unspecified atom stereocenters. The summed E-state index contributed by atoms with van der Waals surface area (Å²) in [7, 11) is 0. The van der Waals surface area contributed by atoms with Crippen molar-refractivity contribution in [3.63, 3.8) is 0 Å². The van der Waals surface area contributed by atoms with E-state index in [2.05, 4.69) is 2.81 Å². The molecular weight excluding hydrogens is 361 g/mol. The van der Waals surface area contributed by atoms with E-state index in [0.29, 0.717) is 10.6 Å². The van der Waals surface area contributed by atoms with E-state index < -0.39 is 0 Å². The van der Waals surface area contributed by atoms with E-state index in [1.54, 1.807) is 24.3 Å². The number of halogens is 1. The number of hydrogen-bond acceptors (Lipinski definition) is 2. The van der Waals surface area contributed by atoms with Crippen LogP contribution >= 0.6 is 11.6 Å². The first kappa shape index (κ1) is 8.96. The Labute approximate surface area is 85.0 Å². The zero-order valence-corrected chi connectivity index (χ0v) is 10.8. The third-order valence-electron chi connectivity index (χ3n) is 1.17. The summed E-state index contributed by atoms with van der Waals surface area (Å²) in [6.07, 6.45) is 0. The van der Waals surface area contributed by atoms with Gasteiger partial charge in [0, 0.05) is 0 Å². The Morgan fingerprint density at radius 1 is 1.55 bits per heavy atom. The second-order valence-corrected chi connectivity index (χ2v) is 3.27. The minimum absolute atomic E-state index is 0.228. The van der Waals surface area contributed by atoms with E-state index in [9.17, 15) is 4.79 Å². The molecule has 0 spiro atoms. The van der Waals surface area contributed by atoms with Crippen LogP contribution in [-0.2, 0) is 2.81 Å². The standard InChI is InChI=1S/C7H5ClO2.Bi.2H/c8-6-3-1-2-5(4-6)7(9)10;;;/h1-4H,(H,9,10);;;/q;+1;;/p-1. The van der Waals surface area contributed by atoms with Crippen LogP contribution in [0.5, 0.6) is 0 Å². The average Bonchev–Trinajstić information content (AvgIpc) is 2.03. The van der Waals surface area contributed by atoms with Gasteiger partial charge in [-0.05, 0) is 0 Å². The van der Waals surface area contributed by atoms with Crippen molar-refractivity contribution in [3.8, 4) is 0 Å². The molecule has 11 heavy (non-hydrogen) atoms. The molecule has 0 bridgehead atoms. The summed E-state index contributed by atoms with van der Waals surface area (Å²) >= 11 is 5.88. The molecule has 1 aromatic rings. The number of rotatable bonds is 1. The fourth-order valence-electron chi connectivity index (χ4n) is 0.683. The van der Waals surface area contributed by atoms with Gasteiger partial charge < -0.3 is 0 Å². The maximum atomic E-state index is 10.9. The summed E-state index contributed by atoms with van der Waals surface area (Å²) in [4.78, 5) is 10.9. The summed E-state index contributed by atoms with van der Waals surface area (Å²) in [6.45, 7) is 0. The molecule has 0 saturated carbocycles. The predicted molar refractivity (Wildman–Crippen MR) is 45.4 cm³/mol. The van der Waals surface area contributed by atoms with E-state index in [-0.39, 0.29) is 31.1 Å². The van der Waals surface area contributed by atoms with Crippen molar-refractivity contribution in [2.24, 2.45) is 0 Å². The van der Waals surface area contributed by atoms with Gasteiger partial charge in [0.25, 0.3) is 0 Å². The van der Waals surface area contributed by atoms with Crippen molar-refractivity contribution in [1.29, 1.82) is 0 Å². The minimum atomic E-state index is -0.294. The zero-order valence-electron chi connectivity index (χ0n) is 5.58. The van der Waals surface area contributed by atoms with E-state index >= 15 is 0 Å². The molecule has 0 heterocycles. The first-order chi connectivity index (χ1) is 5.24. The Morgan fingerprint density at radius 2 is 2.27 bits per heavy atom. The Hall–Kier alpha value is -0.137. The van der Waals surface area contributed by atoms with Crippen LogP contribution in [0.4, 0.5) is 0 Å². The Bertz CT molecular complexity index is 275. The van der Waals surface area contributed by atoms with Gasteiger partial charge in [0.1, 0.15) is 0 Å². The summed E-state index contributed by atoms with van der Waals surface area (Å²) in [5, 5.41) is 0.554. The molecule has 58 valence electrons. The quantitative estimate of drug-likeness (QED) is 0.695. The van der Waals surface area contributed by atoms with Gasteiger partial charge in [-0.3, -0.25) is 0 Å². The molecule has 4 heteroatoms. The molecule has 0 radical (unpaired) electrons. The number of benzene rings is 1. The second-order valence-electron chi connectivity index (χ2n) is 1.92. The summed E-state index contributed by atoms with van der Waals surface area (Å²) in [5.74, 6) is -0.294. The molecule has 0 aliphatic heterocycles. The molecule has 0 amide bonds. The zero-order chi connectivity index (χ0) is 8.27. The average molecular weight is 367 g/mol. The SMILES string of the molecule is O=C([O][BiH2])c1cccc(Cl)c1. The van der Waals surface area contributed by atoms with Gasteiger partial charge in [-0.25, -0.2) is 0 Å². The fourth-order valence-corrected chi connectivity index (χ4v) is 1.40. The van der Waals surface area contributed by atoms with Gasteiger partial charge >= 0.3 is 85.2 Å². The fraction of sp³-hybridized carbons (Fsp3) is 0. The van der Waals surface area contributed by atoms with Crippen LogP contribution < -0.4 is 0 Å². The Morgan fingerprint density at radius 3 is 2.82 bits per heavy atom. The monoisotopic (exact) mass is 366 g/mol. The first-order valence-electron chi connectivity index (χ1n) is 2.90. The number of carbonyl (C=O) groups is 1. The van der Waals surface area contributed by atoms with Crippen molar-refractivity contribution >= 4 is 42.7 Å². The van der Waals surface area contributed by atoms with E-state index in [4.69, 9.17) is 11.6 Å². The molecule has 1 aromatic carbocycles. The molecule has 0 aliphatic rings. The Kier molecular flexibility index (Phi) is 3.28. The van der Waals surface area contributed by atoms with Gasteiger partial charge in [0.15, 0.2) is 0 Å². The predicted octanol–water partition coefficient (Wildman–Crippen LogP) is 1.04. The van der Waals surface area contributed by atoms with Crippen molar-refractivity contribution in [3.05, 3.63) is 34.9 Å². The van der Waals surface area contributed by atoms with Gasteiger partial charge in [0.2, 0.25) is 0 Å². The molecule has 0 aromatic heterocycles. The molecule has 0 saturated heterocycles. The topological polar surface area (TPSA) is 26.3 Å². The van der Waals surface area contributed by atoms with Gasteiger partial charge in [-0.2, -0.15) is 0 Å². The summed E-state index contributed by atoms with van der Waals surface area (Å²) in [6, 6.07) is 6.70. The molecule has 0 aliphatic carbocycles. The molecule has 0 N–H and O–H groups in total. The maximum absolute atomic E-state index is 10.9. The third-order valence-corrected chi connectivity index (χ3v) is 2.23.